The van der Waals surface area contributed by atoms with Gasteiger partial charge < -0.3 is 9.80 Å². The van der Waals surface area contributed by atoms with Gasteiger partial charge in [-0.05, 0) is 11.5 Å². The molecule has 23 heavy (non-hydrogen) atoms. The number of benzene rings is 2. The first-order valence-electron chi connectivity index (χ1n) is 7.69. The Morgan fingerprint density at radius 3 is 2.43 bits per heavy atom. The van der Waals surface area contributed by atoms with E-state index < -0.39 is 5.91 Å². The van der Waals surface area contributed by atoms with Gasteiger partial charge in [-0.1, -0.05) is 36.4 Å². The summed E-state index contributed by atoms with van der Waals surface area (Å²) in [5, 5.41) is 2.43. The fourth-order valence-corrected chi connectivity index (χ4v) is 2.98. The van der Waals surface area contributed by atoms with Gasteiger partial charge in [0.1, 0.15) is 6.42 Å². The van der Waals surface area contributed by atoms with E-state index in [4.69, 9.17) is 5.84 Å². The molecule has 2 amide bonds. The van der Waals surface area contributed by atoms with Crippen molar-refractivity contribution < 1.29 is 9.59 Å². The summed E-state index contributed by atoms with van der Waals surface area (Å²) in [4.78, 5) is 27.2. The molecule has 2 aromatic carbocycles. The Hall–Kier alpha value is -2.60. The third kappa shape index (κ3) is 3.27. The maximum Gasteiger partial charge on any atom is 0.243 e. The van der Waals surface area contributed by atoms with Gasteiger partial charge in [-0.2, -0.15) is 0 Å². The highest BCUT2D eigenvalue weighted by molar-refractivity contribution is 5.97. The van der Waals surface area contributed by atoms with Crippen LogP contribution in [0.5, 0.6) is 0 Å². The predicted octanol–water partition coefficient (Wildman–Crippen LogP) is 0.868. The van der Waals surface area contributed by atoms with Crippen LogP contribution in [0.3, 0.4) is 0 Å². The van der Waals surface area contributed by atoms with Crippen molar-refractivity contribution in [2.24, 2.45) is 5.84 Å². The van der Waals surface area contributed by atoms with Crippen molar-refractivity contribution in [1.82, 2.24) is 10.3 Å². The second kappa shape index (κ2) is 6.66. The third-order valence-corrected chi connectivity index (χ3v) is 4.21. The SMILES string of the molecule is NNC(=O)CC(=O)N1CCN(c2cccc3ccccc23)CC1. The Kier molecular flexibility index (Phi) is 4.43. The van der Waals surface area contributed by atoms with Crippen LogP contribution in [-0.4, -0.2) is 42.9 Å². The smallest absolute Gasteiger partial charge is 0.243 e. The number of carbonyl (C=O) groups excluding carboxylic acids is 2. The summed E-state index contributed by atoms with van der Waals surface area (Å²) in [6.07, 6.45) is -0.190. The number of nitrogens with zero attached hydrogens (tertiary/aromatic N) is 2. The minimum atomic E-state index is -0.452. The van der Waals surface area contributed by atoms with Crippen LogP contribution in [0.25, 0.3) is 10.8 Å². The van der Waals surface area contributed by atoms with E-state index in [2.05, 4.69) is 35.2 Å². The summed E-state index contributed by atoms with van der Waals surface area (Å²) in [5.74, 6) is 4.39. The average molecular weight is 312 g/mol. The number of hydrazine groups is 1. The number of hydrogen-bond donors (Lipinski definition) is 2. The Morgan fingerprint density at radius 1 is 1.00 bits per heavy atom. The number of carbonyl (C=O) groups is 2. The van der Waals surface area contributed by atoms with E-state index in [0.717, 1.165) is 13.1 Å². The molecule has 0 aromatic heterocycles. The molecule has 1 heterocycles. The Bertz CT molecular complexity index is 718. The van der Waals surface area contributed by atoms with Crippen molar-refractivity contribution in [3.05, 3.63) is 42.5 Å². The number of rotatable bonds is 3. The minimum absolute atomic E-state index is 0.175. The van der Waals surface area contributed by atoms with E-state index in [-0.39, 0.29) is 12.3 Å². The molecule has 0 radical (unpaired) electrons. The molecule has 0 unspecified atom stereocenters. The molecule has 2 aromatic rings. The highest BCUT2D eigenvalue weighted by Gasteiger charge is 2.23. The van der Waals surface area contributed by atoms with Crippen LogP contribution in [0.2, 0.25) is 0 Å². The van der Waals surface area contributed by atoms with Gasteiger partial charge in [-0.25, -0.2) is 5.84 Å². The number of nitrogens with two attached hydrogens (primary N) is 1. The van der Waals surface area contributed by atoms with Crippen LogP contribution >= 0.6 is 0 Å². The minimum Gasteiger partial charge on any atom is -0.367 e. The first-order valence-corrected chi connectivity index (χ1v) is 7.69. The second-order valence-corrected chi connectivity index (χ2v) is 5.61. The van der Waals surface area contributed by atoms with Gasteiger partial charge in [0.15, 0.2) is 0 Å². The molecular weight excluding hydrogens is 292 g/mol. The van der Waals surface area contributed by atoms with Gasteiger partial charge in [0, 0.05) is 37.3 Å². The lowest BCUT2D eigenvalue weighted by atomic mass is 10.1. The van der Waals surface area contributed by atoms with Crippen molar-refractivity contribution in [3.63, 3.8) is 0 Å². The summed E-state index contributed by atoms with van der Waals surface area (Å²) in [5.41, 5.74) is 3.18. The maximum atomic E-state index is 12.0. The lowest BCUT2D eigenvalue weighted by Crippen LogP contribution is -2.50. The Balaban J connectivity index is 1.69. The lowest BCUT2D eigenvalue weighted by Gasteiger charge is -2.36. The number of piperazine rings is 1. The Labute approximate surface area is 134 Å². The highest BCUT2D eigenvalue weighted by Crippen LogP contribution is 2.27. The molecule has 0 spiro atoms. The van der Waals surface area contributed by atoms with Gasteiger partial charge in [-0.15, -0.1) is 0 Å². The maximum absolute atomic E-state index is 12.0. The molecule has 1 aliphatic rings. The number of hydrogen-bond acceptors (Lipinski definition) is 4. The van der Waals surface area contributed by atoms with Gasteiger partial charge in [0.05, 0.1) is 0 Å². The summed E-state index contributed by atoms with van der Waals surface area (Å²) >= 11 is 0. The van der Waals surface area contributed by atoms with Crippen molar-refractivity contribution in [2.45, 2.75) is 6.42 Å². The molecule has 120 valence electrons. The van der Waals surface area contributed by atoms with E-state index in [9.17, 15) is 9.59 Å². The summed E-state index contributed by atoms with van der Waals surface area (Å²) < 4.78 is 0. The molecule has 0 aliphatic carbocycles. The van der Waals surface area contributed by atoms with E-state index in [1.807, 2.05) is 17.6 Å². The van der Waals surface area contributed by atoms with Gasteiger partial charge >= 0.3 is 0 Å². The summed E-state index contributed by atoms with van der Waals surface area (Å²) in [6.45, 7) is 2.73. The average Bonchev–Trinajstić information content (AvgIpc) is 2.61. The number of nitrogens with one attached hydrogen (secondary N) is 1. The van der Waals surface area contributed by atoms with Crippen molar-refractivity contribution in [2.75, 3.05) is 31.1 Å². The molecule has 0 atom stereocenters. The standard InChI is InChI=1S/C17H20N4O2/c18-19-16(22)12-17(23)21-10-8-20(9-11-21)15-7-3-5-13-4-1-2-6-14(13)15/h1-7H,8-12,18H2,(H,19,22). The van der Waals surface area contributed by atoms with Crippen molar-refractivity contribution >= 4 is 28.3 Å². The van der Waals surface area contributed by atoms with Crippen molar-refractivity contribution in [1.29, 1.82) is 0 Å². The molecule has 1 aliphatic heterocycles. The zero-order chi connectivity index (χ0) is 16.2. The van der Waals surface area contributed by atoms with Crippen LogP contribution in [0.1, 0.15) is 6.42 Å². The molecule has 1 fully saturated rings. The molecule has 3 N–H and O–H groups in total. The highest BCUT2D eigenvalue weighted by atomic mass is 16.2. The first-order chi connectivity index (χ1) is 11.2. The fraction of sp³-hybridized carbons (Fsp3) is 0.294. The van der Waals surface area contributed by atoms with Gasteiger partial charge in [-0.3, -0.25) is 15.0 Å². The molecule has 3 rings (SSSR count). The number of fused-ring (bicyclic) bond motifs is 1. The fourth-order valence-electron chi connectivity index (χ4n) is 2.98. The zero-order valence-electron chi connectivity index (χ0n) is 12.9. The van der Waals surface area contributed by atoms with Crippen LogP contribution in [-0.2, 0) is 9.59 Å². The molecule has 6 heteroatoms. The van der Waals surface area contributed by atoms with Crippen molar-refractivity contribution in [3.8, 4) is 0 Å². The summed E-state index contributed by atoms with van der Waals surface area (Å²) in [7, 11) is 0. The van der Waals surface area contributed by atoms with E-state index in [1.54, 1.807) is 4.90 Å². The van der Waals surface area contributed by atoms with Crippen LogP contribution in [0.15, 0.2) is 42.5 Å². The molecule has 0 bridgehead atoms. The van der Waals surface area contributed by atoms with E-state index in [1.165, 1.54) is 16.5 Å². The largest absolute Gasteiger partial charge is 0.367 e. The topological polar surface area (TPSA) is 78.7 Å². The van der Waals surface area contributed by atoms with E-state index in [0.29, 0.717) is 13.1 Å². The van der Waals surface area contributed by atoms with Gasteiger partial charge in [0.2, 0.25) is 11.8 Å². The lowest BCUT2D eigenvalue weighted by molar-refractivity contribution is -0.136. The Morgan fingerprint density at radius 2 is 1.70 bits per heavy atom. The first kappa shape index (κ1) is 15.3. The molecule has 0 saturated carbocycles. The molecular formula is C17H20N4O2. The quantitative estimate of drug-likeness (QED) is 0.381. The zero-order valence-corrected chi connectivity index (χ0v) is 12.9. The predicted molar refractivity (Wildman–Crippen MR) is 89.7 cm³/mol. The van der Waals surface area contributed by atoms with E-state index >= 15 is 0 Å². The monoisotopic (exact) mass is 312 g/mol. The normalized spacial score (nSPS) is 14.8. The summed E-state index contributed by atoms with van der Waals surface area (Å²) in [6, 6.07) is 14.6. The van der Waals surface area contributed by atoms with Gasteiger partial charge in [0.25, 0.3) is 0 Å². The van der Waals surface area contributed by atoms with Crippen LogP contribution < -0.4 is 16.2 Å². The number of amides is 2. The van der Waals surface area contributed by atoms with Crippen LogP contribution in [0, 0.1) is 0 Å². The third-order valence-electron chi connectivity index (χ3n) is 4.21. The molecule has 1 saturated heterocycles. The second-order valence-electron chi connectivity index (χ2n) is 5.61. The molecule has 6 nitrogen and oxygen atoms in total. The number of anilines is 1. The van der Waals surface area contributed by atoms with Crippen LogP contribution in [0.4, 0.5) is 5.69 Å².